The molecule has 2 aliphatic heterocycles. The number of rotatable bonds is 12. The quantitative estimate of drug-likeness (QED) is 0.139. The molecule has 2 aliphatic rings. The van der Waals surface area contributed by atoms with Gasteiger partial charge >= 0.3 is 12.0 Å². The monoisotopic (exact) mass is 562 g/mol. The molecule has 38 heavy (non-hydrogen) atoms. The van der Waals surface area contributed by atoms with E-state index >= 15 is 0 Å². The van der Waals surface area contributed by atoms with Gasteiger partial charge in [-0.05, 0) is 22.1 Å². The Labute approximate surface area is 223 Å². The minimum absolute atomic E-state index is 0.127. The van der Waals surface area contributed by atoms with Crippen LogP contribution in [0.3, 0.4) is 0 Å². The molecule has 15 nitrogen and oxygen atoms in total. The summed E-state index contributed by atoms with van der Waals surface area (Å²) in [6.07, 6.45) is -0.127. The van der Waals surface area contributed by atoms with Gasteiger partial charge in [0, 0.05) is 23.6 Å². The zero-order valence-electron chi connectivity index (χ0n) is 19.6. The van der Waals surface area contributed by atoms with E-state index in [4.69, 9.17) is 10.5 Å². The first-order valence-electron chi connectivity index (χ1n) is 11.1. The molecule has 17 heteroatoms. The van der Waals surface area contributed by atoms with Crippen molar-refractivity contribution in [2.75, 3.05) is 18.1 Å². The molecule has 4 amide bonds. The summed E-state index contributed by atoms with van der Waals surface area (Å²) in [4.78, 5) is 60.4. The van der Waals surface area contributed by atoms with Crippen LogP contribution in [-0.4, -0.2) is 90.0 Å². The predicted octanol–water partition coefficient (Wildman–Crippen LogP) is -1.05. The summed E-state index contributed by atoms with van der Waals surface area (Å²) in [5, 5.41) is 26.2. The van der Waals surface area contributed by atoms with Crippen LogP contribution in [0.1, 0.15) is 5.56 Å². The van der Waals surface area contributed by atoms with Crippen molar-refractivity contribution in [2.24, 2.45) is 5.73 Å². The lowest BCUT2D eigenvalue weighted by Crippen LogP contribution is -2.70. The number of carboxylic acids is 1. The second-order valence-electron chi connectivity index (χ2n) is 7.98. The lowest BCUT2D eigenvalue weighted by molar-refractivity contribution is -0.150. The van der Waals surface area contributed by atoms with Crippen molar-refractivity contribution in [1.29, 1.82) is 0 Å². The number of thioether (sulfide) groups is 2. The van der Waals surface area contributed by atoms with E-state index in [2.05, 4.69) is 26.2 Å². The van der Waals surface area contributed by atoms with Crippen molar-refractivity contribution >= 4 is 53.8 Å². The number of nitrogens with zero attached hydrogens (tertiary/aromatic N) is 5. The van der Waals surface area contributed by atoms with Gasteiger partial charge in [0.15, 0.2) is 0 Å². The average molecular weight is 563 g/mol. The molecule has 1 aromatic heterocycles. The molecular formula is C21H22N8O7S2. The normalized spacial score (nSPS) is 18.3. The van der Waals surface area contributed by atoms with Gasteiger partial charge in [0.2, 0.25) is 11.1 Å². The Morgan fingerprint density at radius 2 is 2.11 bits per heavy atom. The van der Waals surface area contributed by atoms with E-state index in [1.54, 1.807) is 24.3 Å². The lowest BCUT2D eigenvalue weighted by atomic mass is 10.0. The lowest BCUT2D eigenvalue weighted by Gasteiger charge is -2.49. The van der Waals surface area contributed by atoms with E-state index in [9.17, 15) is 29.1 Å². The van der Waals surface area contributed by atoms with Crippen LogP contribution in [0.25, 0.3) is 0 Å². The average Bonchev–Trinajstić information content (AvgIpc) is 3.33. The van der Waals surface area contributed by atoms with Gasteiger partial charge in [0.25, 0.3) is 12.4 Å². The van der Waals surface area contributed by atoms with Gasteiger partial charge in [-0.2, -0.15) is 0 Å². The number of aromatic nitrogens is 4. The topological polar surface area (TPSA) is 212 Å². The number of nitrogens with two attached hydrogens (primary N) is 1. The number of carbonyl (C=O) groups excluding carboxylic acids is 4. The molecule has 1 fully saturated rings. The largest absolute Gasteiger partial charge is 0.477 e. The first-order chi connectivity index (χ1) is 18.3. The maximum Gasteiger partial charge on any atom is 0.352 e. The van der Waals surface area contributed by atoms with Crippen molar-refractivity contribution in [3.8, 4) is 5.75 Å². The fourth-order valence-electron chi connectivity index (χ4n) is 3.89. The molecule has 3 heterocycles. The highest BCUT2D eigenvalue weighted by atomic mass is 32.2. The Balaban J connectivity index is 1.40. The maximum absolute atomic E-state index is 12.9. The fourth-order valence-corrected chi connectivity index (χ4v) is 6.27. The minimum atomic E-state index is -1.26. The molecule has 0 spiro atoms. The van der Waals surface area contributed by atoms with Crippen LogP contribution in [0.2, 0.25) is 0 Å². The molecule has 2 atom stereocenters. The Morgan fingerprint density at radius 1 is 1.32 bits per heavy atom. The number of tetrazole rings is 1. The highest BCUT2D eigenvalue weighted by Gasteiger charge is 2.54. The molecule has 2 aromatic rings. The summed E-state index contributed by atoms with van der Waals surface area (Å²) >= 11 is 2.53. The molecule has 4 rings (SSSR count). The first-order valence-corrected chi connectivity index (χ1v) is 13.1. The van der Waals surface area contributed by atoms with Crippen molar-refractivity contribution in [2.45, 2.75) is 29.5 Å². The van der Waals surface area contributed by atoms with Crippen LogP contribution in [0.4, 0.5) is 4.79 Å². The number of para-hydroxylation sites is 1. The van der Waals surface area contributed by atoms with Crippen molar-refractivity contribution in [3.05, 3.63) is 41.1 Å². The standard InChI is InChI=1S/C21H22N8O7S2/c22-20(35)23-5-6-28-21(25-26-27-28)38-9-12-8-37-18-15(17(32)29(18)16(12)19(33)34)24-14(31)7-11-3-1-2-4-13(11)36-10-30/h1-4,10,15,18H,5-9H2,(H,24,31)(H,33,34)(H3,22,23,35)/t15?,18-/m1/s1. The number of hydrogen-bond donors (Lipinski definition) is 4. The number of β-lactam (4-membered cyclic amide) rings is 1. The van der Waals surface area contributed by atoms with Gasteiger partial charge in [-0.25, -0.2) is 14.3 Å². The molecule has 1 saturated heterocycles. The molecule has 1 unspecified atom stereocenters. The van der Waals surface area contributed by atoms with E-state index in [0.29, 0.717) is 22.0 Å². The SMILES string of the molecule is NC(=O)NCCn1nnnc1SCC1=C(C(=O)O)N2C(=O)C(NC(=O)Cc3ccccc3OC=O)[C@H]2SC1. The summed E-state index contributed by atoms with van der Waals surface area (Å²) in [7, 11) is 0. The van der Waals surface area contributed by atoms with Crippen molar-refractivity contribution in [1.82, 2.24) is 35.7 Å². The molecular weight excluding hydrogens is 540 g/mol. The van der Waals surface area contributed by atoms with E-state index in [1.165, 1.54) is 33.1 Å². The number of fused-ring (bicyclic) bond motifs is 1. The van der Waals surface area contributed by atoms with Crippen molar-refractivity contribution in [3.63, 3.8) is 0 Å². The van der Waals surface area contributed by atoms with Crippen LogP contribution in [0, 0.1) is 0 Å². The van der Waals surface area contributed by atoms with Gasteiger partial charge in [0.05, 0.1) is 13.0 Å². The number of carbonyl (C=O) groups is 5. The smallest absolute Gasteiger partial charge is 0.352 e. The number of carboxylic acid groups (broad SMARTS) is 1. The zero-order chi connectivity index (χ0) is 27.2. The van der Waals surface area contributed by atoms with Crippen molar-refractivity contribution < 1.29 is 33.8 Å². The molecule has 200 valence electrons. The number of amides is 4. The first kappa shape index (κ1) is 26.9. The summed E-state index contributed by atoms with van der Waals surface area (Å²) < 4.78 is 6.32. The number of nitrogens with one attached hydrogen (secondary N) is 2. The van der Waals surface area contributed by atoms with Crippen LogP contribution in [0.5, 0.6) is 5.75 Å². The summed E-state index contributed by atoms with van der Waals surface area (Å²) in [6.45, 7) is 0.733. The maximum atomic E-state index is 12.9. The molecule has 0 aliphatic carbocycles. The number of aliphatic carboxylic acids is 1. The predicted molar refractivity (Wildman–Crippen MR) is 133 cm³/mol. The van der Waals surface area contributed by atoms with E-state index in [1.807, 2.05) is 0 Å². The van der Waals surface area contributed by atoms with Gasteiger partial charge < -0.3 is 26.2 Å². The van der Waals surface area contributed by atoms with Crippen LogP contribution < -0.4 is 21.1 Å². The van der Waals surface area contributed by atoms with E-state index in [-0.39, 0.29) is 43.2 Å². The third kappa shape index (κ3) is 5.88. The van der Waals surface area contributed by atoms with Gasteiger partial charge in [-0.15, -0.1) is 16.9 Å². The molecule has 0 saturated carbocycles. The summed E-state index contributed by atoms with van der Waals surface area (Å²) in [5.41, 5.74) is 5.89. The summed E-state index contributed by atoms with van der Waals surface area (Å²) in [5.74, 6) is -1.50. The zero-order valence-corrected chi connectivity index (χ0v) is 21.2. The Morgan fingerprint density at radius 3 is 2.84 bits per heavy atom. The number of primary amides is 1. The molecule has 0 bridgehead atoms. The van der Waals surface area contributed by atoms with Gasteiger partial charge in [0.1, 0.15) is 22.9 Å². The number of urea groups is 1. The number of ether oxygens (including phenoxy) is 1. The Hall–Kier alpha value is -4.12. The third-order valence-corrected chi connectivity index (χ3v) is 7.95. The van der Waals surface area contributed by atoms with E-state index in [0.717, 1.165) is 0 Å². The third-order valence-electron chi connectivity index (χ3n) is 5.56. The number of hydrogen-bond acceptors (Lipinski definition) is 11. The van der Waals surface area contributed by atoms with Crippen LogP contribution >= 0.6 is 23.5 Å². The molecule has 5 N–H and O–H groups in total. The Kier molecular flexibility index (Phi) is 8.47. The number of benzene rings is 1. The molecule has 0 radical (unpaired) electrons. The van der Waals surface area contributed by atoms with Gasteiger partial charge in [-0.1, -0.05) is 30.0 Å². The minimum Gasteiger partial charge on any atom is -0.477 e. The highest BCUT2D eigenvalue weighted by molar-refractivity contribution is 8.01. The highest BCUT2D eigenvalue weighted by Crippen LogP contribution is 2.41. The Bertz CT molecular complexity index is 1300. The van der Waals surface area contributed by atoms with E-state index < -0.39 is 35.2 Å². The fraction of sp³-hybridized carbons (Fsp3) is 0.333. The summed E-state index contributed by atoms with van der Waals surface area (Å²) in [6, 6.07) is 4.95. The van der Waals surface area contributed by atoms with Crippen LogP contribution in [-0.2, 0) is 32.1 Å². The second kappa shape index (κ2) is 12.0. The molecule has 1 aromatic carbocycles. The van der Waals surface area contributed by atoms with Crippen LogP contribution in [0.15, 0.2) is 40.7 Å². The second-order valence-corrected chi connectivity index (χ2v) is 10.0. The van der Waals surface area contributed by atoms with Gasteiger partial charge in [-0.3, -0.25) is 19.3 Å².